The van der Waals surface area contributed by atoms with Crippen molar-refractivity contribution < 1.29 is 14.3 Å². The van der Waals surface area contributed by atoms with Gasteiger partial charge in [0.15, 0.2) is 0 Å². The lowest BCUT2D eigenvalue weighted by Gasteiger charge is -2.30. The zero-order valence-electron chi connectivity index (χ0n) is 20.8. The first-order chi connectivity index (χ1) is 16.0. The highest BCUT2D eigenvalue weighted by molar-refractivity contribution is 5.89. The van der Waals surface area contributed by atoms with Gasteiger partial charge in [0.25, 0.3) is 0 Å². The molecule has 3 amide bonds. The lowest BCUT2D eigenvalue weighted by molar-refractivity contribution is 0.0490. The second-order valence-corrected chi connectivity index (χ2v) is 11.2. The van der Waals surface area contributed by atoms with Crippen molar-refractivity contribution in [3.05, 3.63) is 30.2 Å². The van der Waals surface area contributed by atoms with Gasteiger partial charge in [0, 0.05) is 36.1 Å². The maximum absolute atomic E-state index is 12.6. The molecule has 3 heterocycles. The lowest BCUT2D eigenvalue weighted by Crippen LogP contribution is -2.46. The zero-order valence-corrected chi connectivity index (χ0v) is 20.8. The number of nitrogens with one attached hydrogen (secondary N) is 3. The van der Waals surface area contributed by atoms with Crippen LogP contribution in [0.15, 0.2) is 24.5 Å². The van der Waals surface area contributed by atoms with Crippen LogP contribution < -0.4 is 16.0 Å². The number of ether oxygens (including phenoxy) is 1. The topological polar surface area (TPSA) is 110 Å². The van der Waals surface area contributed by atoms with Gasteiger partial charge in [0.05, 0.1) is 6.20 Å². The molecule has 9 heteroatoms. The van der Waals surface area contributed by atoms with Crippen LogP contribution in [0.2, 0.25) is 0 Å². The van der Waals surface area contributed by atoms with Crippen LogP contribution in [0.5, 0.6) is 0 Å². The second-order valence-electron chi connectivity index (χ2n) is 11.2. The van der Waals surface area contributed by atoms with E-state index in [9.17, 15) is 9.59 Å². The van der Waals surface area contributed by atoms with Crippen molar-refractivity contribution in [3.8, 4) is 11.1 Å². The molecule has 0 bridgehead atoms. The largest absolute Gasteiger partial charge is 0.444 e. The summed E-state index contributed by atoms with van der Waals surface area (Å²) in [5.41, 5.74) is 3.00. The van der Waals surface area contributed by atoms with Crippen LogP contribution in [0.1, 0.15) is 66.0 Å². The summed E-state index contributed by atoms with van der Waals surface area (Å²) in [4.78, 5) is 28.9. The Balaban J connectivity index is 1.28. The highest BCUT2D eigenvalue weighted by atomic mass is 16.6. The van der Waals surface area contributed by atoms with Crippen LogP contribution in [-0.4, -0.2) is 44.6 Å². The maximum atomic E-state index is 12.6. The van der Waals surface area contributed by atoms with Gasteiger partial charge in [-0.05, 0) is 76.0 Å². The maximum Gasteiger partial charge on any atom is 0.407 e. The molecule has 184 valence electrons. The molecule has 3 N–H and O–H groups in total. The first-order valence-corrected chi connectivity index (χ1v) is 12.1. The van der Waals surface area contributed by atoms with Crippen molar-refractivity contribution in [2.75, 3.05) is 5.32 Å². The second kappa shape index (κ2) is 9.27. The van der Waals surface area contributed by atoms with Crippen molar-refractivity contribution in [1.29, 1.82) is 0 Å². The number of urea groups is 1. The predicted molar refractivity (Wildman–Crippen MR) is 131 cm³/mol. The average Bonchev–Trinajstić information content (AvgIpc) is 3.23. The Bertz CT molecular complexity index is 1050. The van der Waals surface area contributed by atoms with Gasteiger partial charge in [-0.25, -0.2) is 14.6 Å². The number of hydrogen-bond acceptors (Lipinski definition) is 5. The van der Waals surface area contributed by atoms with E-state index >= 15 is 0 Å². The van der Waals surface area contributed by atoms with Gasteiger partial charge in [-0.1, -0.05) is 13.8 Å². The highest BCUT2D eigenvalue weighted by Crippen LogP contribution is 2.37. The van der Waals surface area contributed by atoms with Crippen molar-refractivity contribution >= 4 is 17.9 Å². The molecular weight excluding hydrogens is 432 g/mol. The summed E-state index contributed by atoms with van der Waals surface area (Å²) in [6, 6.07) is 3.70. The fourth-order valence-electron chi connectivity index (χ4n) is 4.75. The molecule has 0 spiro atoms. The minimum Gasteiger partial charge on any atom is -0.444 e. The smallest absolute Gasteiger partial charge is 0.407 e. The van der Waals surface area contributed by atoms with E-state index in [4.69, 9.17) is 4.74 Å². The van der Waals surface area contributed by atoms with E-state index in [0.717, 1.165) is 49.8 Å². The molecule has 34 heavy (non-hydrogen) atoms. The molecular formula is C25H36N6O3. The van der Waals surface area contributed by atoms with E-state index < -0.39 is 5.60 Å². The molecule has 1 saturated carbocycles. The lowest BCUT2D eigenvalue weighted by atomic mass is 9.90. The fraction of sp³-hybridized carbons (Fsp3) is 0.600. The summed E-state index contributed by atoms with van der Waals surface area (Å²) in [7, 11) is 0. The third-order valence-corrected chi connectivity index (χ3v) is 6.27. The van der Waals surface area contributed by atoms with E-state index in [2.05, 4.69) is 44.6 Å². The molecule has 2 aliphatic rings. The average molecular weight is 469 g/mol. The zero-order chi connectivity index (χ0) is 24.5. The Hall–Kier alpha value is -3.10. The Morgan fingerprint density at radius 2 is 1.79 bits per heavy atom. The van der Waals surface area contributed by atoms with Gasteiger partial charge in [0.2, 0.25) is 0 Å². The monoisotopic (exact) mass is 468 g/mol. The molecule has 2 aromatic rings. The number of rotatable bonds is 4. The molecule has 0 aromatic carbocycles. The first kappa shape index (κ1) is 24.0. The third kappa shape index (κ3) is 6.07. The number of carbonyl (C=O) groups excluding carboxylic acids is 2. The Labute approximate surface area is 201 Å². The molecule has 1 aliphatic heterocycles. The van der Waals surface area contributed by atoms with Gasteiger partial charge in [-0.15, -0.1) is 0 Å². The minimum absolute atomic E-state index is 0.0565. The van der Waals surface area contributed by atoms with Gasteiger partial charge in [0.1, 0.15) is 11.4 Å². The first-order valence-electron chi connectivity index (χ1n) is 12.1. The van der Waals surface area contributed by atoms with Gasteiger partial charge >= 0.3 is 12.1 Å². The summed E-state index contributed by atoms with van der Waals surface area (Å²) in [6.45, 7) is 10.9. The third-order valence-electron chi connectivity index (χ3n) is 6.27. The van der Waals surface area contributed by atoms with Crippen LogP contribution in [0.3, 0.4) is 0 Å². The number of aromatic nitrogens is 3. The van der Waals surface area contributed by atoms with Gasteiger partial charge < -0.3 is 15.4 Å². The molecule has 9 nitrogen and oxygen atoms in total. The number of amides is 3. The molecule has 4 rings (SSSR count). The molecule has 0 unspecified atom stereocenters. The number of pyridine rings is 1. The predicted octanol–water partition coefficient (Wildman–Crippen LogP) is 4.48. The Morgan fingerprint density at radius 3 is 2.47 bits per heavy atom. The molecule has 2 aromatic heterocycles. The molecule has 0 atom stereocenters. The van der Waals surface area contributed by atoms with Crippen molar-refractivity contribution in [2.24, 2.45) is 5.41 Å². The van der Waals surface area contributed by atoms with Crippen molar-refractivity contribution in [3.63, 3.8) is 0 Å². The highest BCUT2D eigenvalue weighted by Gasteiger charge is 2.31. The SMILES string of the molecule is CC1(C)Cc2c(-c3ccnc(NC(=O)NC4CCC(NC(=O)OC(C)(C)C)CC4)c3)cnn2C1. The van der Waals surface area contributed by atoms with Crippen molar-refractivity contribution in [1.82, 2.24) is 25.4 Å². The van der Waals surface area contributed by atoms with E-state index in [0.29, 0.717) is 5.82 Å². The molecule has 1 aliphatic carbocycles. The van der Waals surface area contributed by atoms with Gasteiger partial charge in [-0.2, -0.15) is 5.10 Å². The molecule has 0 radical (unpaired) electrons. The normalized spacial score (nSPS) is 21.4. The summed E-state index contributed by atoms with van der Waals surface area (Å²) in [6.07, 6.45) is 7.36. The number of hydrogen-bond donors (Lipinski definition) is 3. The molecule has 0 saturated heterocycles. The van der Waals surface area contributed by atoms with E-state index in [1.54, 1.807) is 6.20 Å². The van der Waals surface area contributed by atoms with Crippen molar-refractivity contribution in [2.45, 2.75) is 91.0 Å². The van der Waals surface area contributed by atoms with Crippen LogP contribution >= 0.6 is 0 Å². The standard InChI is InChI=1S/C25H36N6O3/c1-24(2,3)34-23(33)29-18-8-6-17(7-9-18)28-22(32)30-21-12-16(10-11-26-21)19-14-27-31-15-25(4,5)13-20(19)31/h10-12,14,17-18H,6-9,13,15H2,1-5H3,(H,29,33)(H2,26,28,30,32). The molecule has 1 fully saturated rings. The Morgan fingerprint density at radius 1 is 1.12 bits per heavy atom. The number of anilines is 1. The summed E-state index contributed by atoms with van der Waals surface area (Å²) >= 11 is 0. The van der Waals surface area contributed by atoms with Crippen LogP contribution in [0.25, 0.3) is 11.1 Å². The Kier molecular flexibility index (Phi) is 6.55. The van der Waals surface area contributed by atoms with E-state index in [1.807, 2.05) is 39.1 Å². The number of nitrogens with zero attached hydrogens (tertiary/aromatic N) is 3. The number of fused-ring (bicyclic) bond motifs is 1. The van der Waals surface area contributed by atoms with Crippen LogP contribution in [-0.2, 0) is 17.7 Å². The van der Waals surface area contributed by atoms with E-state index in [-0.39, 0.29) is 29.6 Å². The van der Waals surface area contributed by atoms with Crippen LogP contribution in [0.4, 0.5) is 15.4 Å². The summed E-state index contributed by atoms with van der Waals surface area (Å²) in [5.74, 6) is 0.507. The summed E-state index contributed by atoms with van der Waals surface area (Å²) in [5, 5.41) is 13.4. The fourth-order valence-corrected chi connectivity index (χ4v) is 4.75. The number of carbonyl (C=O) groups is 2. The van der Waals surface area contributed by atoms with E-state index in [1.165, 1.54) is 5.69 Å². The quantitative estimate of drug-likeness (QED) is 0.613. The number of alkyl carbamates (subject to hydrolysis) is 1. The minimum atomic E-state index is -0.513. The van der Waals surface area contributed by atoms with Gasteiger partial charge in [-0.3, -0.25) is 10.00 Å². The van der Waals surface area contributed by atoms with Crippen LogP contribution in [0, 0.1) is 5.41 Å². The summed E-state index contributed by atoms with van der Waals surface area (Å²) < 4.78 is 7.40.